The zero-order valence-corrected chi connectivity index (χ0v) is 17.4. The minimum absolute atomic E-state index is 0.0115. The van der Waals surface area contributed by atoms with E-state index in [1.165, 1.54) is 0 Å². The number of amides is 2. The van der Waals surface area contributed by atoms with Gasteiger partial charge >= 0.3 is 0 Å². The molecule has 0 bridgehead atoms. The fourth-order valence-corrected chi connectivity index (χ4v) is 4.01. The number of rotatable bonds is 4. The molecule has 2 aliphatic rings. The molecule has 158 valence electrons. The van der Waals surface area contributed by atoms with Gasteiger partial charge in [-0.3, -0.25) is 9.59 Å². The molecule has 2 amide bonds. The minimum Gasteiger partial charge on any atom is -0.337 e. The summed E-state index contributed by atoms with van der Waals surface area (Å²) in [6, 6.07) is 19.1. The van der Waals surface area contributed by atoms with E-state index < -0.39 is 0 Å². The Morgan fingerprint density at radius 1 is 0.774 bits per heavy atom. The standard InChI is InChI=1S/C24H25N5O2/c30-23(19-8-3-1-4-9-19)27-14-7-15-28(17-16-27)24(31)21-25-22(18-12-13-18)29(26-21)20-10-5-2-6-11-20/h1-6,8-11,18H,7,12-17H2. The molecular weight excluding hydrogens is 390 g/mol. The maximum absolute atomic E-state index is 13.2. The van der Waals surface area contributed by atoms with Gasteiger partial charge in [-0.1, -0.05) is 36.4 Å². The number of para-hydroxylation sites is 1. The number of carbonyl (C=O) groups is 2. The summed E-state index contributed by atoms with van der Waals surface area (Å²) in [5.74, 6) is 1.33. The second-order valence-electron chi connectivity index (χ2n) is 8.12. The van der Waals surface area contributed by atoms with Crippen LogP contribution in [0.25, 0.3) is 5.69 Å². The van der Waals surface area contributed by atoms with Crippen molar-refractivity contribution in [3.8, 4) is 5.69 Å². The van der Waals surface area contributed by atoms with Gasteiger partial charge in [-0.25, -0.2) is 9.67 Å². The lowest BCUT2D eigenvalue weighted by molar-refractivity contribution is 0.0712. The second-order valence-corrected chi connectivity index (χ2v) is 8.12. The maximum atomic E-state index is 13.2. The number of benzene rings is 2. The first-order chi connectivity index (χ1) is 15.2. The van der Waals surface area contributed by atoms with Gasteiger partial charge < -0.3 is 9.80 Å². The van der Waals surface area contributed by atoms with Gasteiger partial charge in [-0.05, 0) is 43.5 Å². The number of hydrogen-bond donors (Lipinski definition) is 0. The van der Waals surface area contributed by atoms with Crippen molar-refractivity contribution in [1.82, 2.24) is 24.6 Å². The highest BCUT2D eigenvalue weighted by Gasteiger charge is 2.33. The number of hydrogen-bond acceptors (Lipinski definition) is 4. The van der Waals surface area contributed by atoms with Crippen LogP contribution in [0, 0.1) is 0 Å². The van der Waals surface area contributed by atoms with Gasteiger partial charge in [0, 0.05) is 37.7 Å². The average Bonchev–Trinajstić information content (AvgIpc) is 3.62. The monoisotopic (exact) mass is 415 g/mol. The first-order valence-corrected chi connectivity index (χ1v) is 10.9. The van der Waals surface area contributed by atoms with E-state index in [1.807, 2.05) is 70.2 Å². The molecule has 0 radical (unpaired) electrons. The highest BCUT2D eigenvalue weighted by atomic mass is 16.2. The van der Waals surface area contributed by atoms with Crippen molar-refractivity contribution in [2.24, 2.45) is 0 Å². The summed E-state index contributed by atoms with van der Waals surface area (Å²) in [5, 5.41) is 4.58. The predicted molar refractivity (Wildman–Crippen MR) is 116 cm³/mol. The van der Waals surface area contributed by atoms with Crippen molar-refractivity contribution in [1.29, 1.82) is 0 Å². The number of nitrogens with zero attached hydrogens (tertiary/aromatic N) is 5. The fourth-order valence-electron chi connectivity index (χ4n) is 4.01. The smallest absolute Gasteiger partial charge is 0.293 e. The minimum atomic E-state index is -0.161. The number of carbonyl (C=O) groups excluding carboxylic acids is 2. The molecule has 1 aromatic heterocycles. The zero-order valence-electron chi connectivity index (χ0n) is 17.4. The van der Waals surface area contributed by atoms with E-state index >= 15 is 0 Å². The summed E-state index contributed by atoms with van der Waals surface area (Å²) >= 11 is 0. The molecule has 5 rings (SSSR count). The molecule has 1 aliphatic carbocycles. The van der Waals surface area contributed by atoms with Gasteiger partial charge in [0.2, 0.25) is 5.82 Å². The molecule has 2 fully saturated rings. The summed E-state index contributed by atoms with van der Waals surface area (Å²) in [6.07, 6.45) is 2.90. The van der Waals surface area contributed by atoms with Crippen molar-refractivity contribution >= 4 is 11.8 Å². The molecule has 7 nitrogen and oxygen atoms in total. The van der Waals surface area contributed by atoms with Crippen LogP contribution < -0.4 is 0 Å². The van der Waals surface area contributed by atoms with E-state index in [2.05, 4.69) is 10.1 Å². The third kappa shape index (κ3) is 4.08. The molecule has 1 saturated carbocycles. The van der Waals surface area contributed by atoms with E-state index in [1.54, 1.807) is 4.90 Å². The molecular formula is C24H25N5O2. The van der Waals surface area contributed by atoms with Crippen molar-refractivity contribution in [2.75, 3.05) is 26.2 Å². The van der Waals surface area contributed by atoms with Crippen molar-refractivity contribution < 1.29 is 9.59 Å². The van der Waals surface area contributed by atoms with Crippen LogP contribution in [0.15, 0.2) is 60.7 Å². The fraction of sp³-hybridized carbons (Fsp3) is 0.333. The predicted octanol–water partition coefficient (Wildman–Crippen LogP) is 3.13. The highest BCUT2D eigenvalue weighted by Crippen LogP contribution is 2.39. The summed E-state index contributed by atoms with van der Waals surface area (Å²) in [7, 11) is 0. The van der Waals surface area contributed by atoms with Crippen LogP contribution in [0.1, 0.15) is 52.0 Å². The first-order valence-electron chi connectivity index (χ1n) is 10.9. The van der Waals surface area contributed by atoms with Gasteiger partial charge in [0.15, 0.2) is 0 Å². The Hall–Kier alpha value is -3.48. The Labute approximate surface area is 181 Å². The Bertz CT molecular complexity index is 1080. The molecule has 31 heavy (non-hydrogen) atoms. The van der Waals surface area contributed by atoms with Crippen LogP contribution in [0.4, 0.5) is 0 Å². The maximum Gasteiger partial charge on any atom is 0.293 e. The molecule has 7 heteroatoms. The molecule has 0 N–H and O–H groups in total. The third-order valence-electron chi connectivity index (χ3n) is 5.86. The van der Waals surface area contributed by atoms with Gasteiger partial charge in [-0.2, -0.15) is 0 Å². The molecule has 1 aliphatic heterocycles. The largest absolute Gasteiger partial charge is 0.337 e. The summed E-state index contributed by atoms with van der Waals surface area (Å²) in [4.78, 5) is 34.2. The Balaban J connectivity index is 1.32. The van der Waals surface area contributed by atoms with E-state index in [0.29, 0.717) is 37.7 Å². The van der Waals surface area contributed by atoms with Gasteiger partial charge in [0.05, 0.1) is 5.69 Å². The normalized spacial score (nSPS) is 16.8. The number of aromatic nitrogens is 3. The zero-order chi connectivity index (χ0) is 21.2. The lowest BCUT2D eigenvalue weighted by Crippen LogP contribution is -2.37. The van der Waals surface area contributed by atoms with Crippen LogP contribution in [0.5, 0.6) is 0 Å². The van der Waals surface area contributed by atoms with Crippen molar-refractivity contribution in [2.45, 2.75) is 25.2 Å². The third-order valence-corrected chi connectivity index (χ3v) is 5.86. The van der Waals surface area contributed by atoms with Gasteiger partial charge in [0.1, 0.15) is 5.82 Å². The van der Waals surface area contributed by atoms with Gasteiger partial charge in [0.25, 0.3) is 11.8 Å². The van der Waals surface area contributed by atoms with E-state index in [9.17, 15) is 9.59 Å². The molecule has 0 atom stereocenters. The molecule has 0 unspecified atom stereocenters. The van der Waals surface area contributed by atoms with E-state index in [4.69, 9.17) is 0 Å². The lowest BCUT2D eigenvalue weighted by atomic mass is 10.2. The van der Waals surface area contributed by atoms with Crippen molar-refractivity contribution in [3.05, 3.63) is 77.9 Å². The van der Waals surface area contributed by atoms with Crippen LogP contribution in [-0.2, 0) is 0 Å². The molecule has 2 aromatic carbocycles. The quantitative estimate of drug-likeness (QED) is 0.656. The molecule has 3 aromatic rings. The Morgan fingerprint density at radius 3 is 2.03 bits per heavy atom. The molecule has 0 spiro atoms. The highest BCUT2D eigenvalue weighted by molar-refractivity contribution is 5.94. The summed E-state index contributed by atoms with van der Waals surface area (Å²) < 4.78 is 1.81. The van der Waals surface area contributed by atoms with Crippen LogP contribution in [-0.4, -0.2) is 62.6 Å². The topological polar surface area (TPSA) is 71.3 Å². The van der Waals surface area contributed by atoms with E-state index in [-0.39, 0.29) is 17.6 Å². The van der Waals surface area contributed by atoms with Crippen molar-refractivity contribution in [3.63, 3.8) is 0 Å². The SMILES string of the molecule is O=C(c1ccccc1)N1CCCN(C(=O)c2nc(C3CC3)n(-c3ccccc3)n2)CC1. The van der Waals surface area contributed by atoms with E-state index in [0.717, 1.165) is 30.8 Å². The second kappa shape index (κ2) is 8.34. The van der Waals surface area contributed by atoms with Crippen LogP contribution in [0.2, 0.25) is 0 Å². The van der Waals surface area contributed by atoms with Crippen LogP contribution >= 0.6 is 0 Å². The molecule has 2 heterocycles. The Kier molecular flexibility index (Phi) is 5.24. The molecule has 1 saturated heterocycles. The average molecular weight is 415 g/mol. The van der Waals surface area contributed by atoms with Crippen LogP contribution in [0.3, 0.4) is 0 Å². The summed E-state index contributed by atoms with van der Waals surface area (Å²) in [6.45, 7) is 2.22. The Morgan fingerprint density at radius 2 is 1.39 bits per heavy atom. The lowest BCUT2D eigenvalue weighted by Gasteiger charge is -2.21. The van der Waals surface area contributed by atoms with Gasteiger partial charge in [-0.15, -0.1) is 5.10 Å². The first kappa shape index (κ1) is 19.5. The summed E-state index contributed by atoms with van der Waals surface area (Å²) in [5.41, 5.74) is 1.60.